The Hall–Kier alpha value is -2.40. The molecule has 3 rings (SSSR count). The average Bonchev–Trinajstić information content (AvgIpc) is 2.96. The molecule has 0 N–H and O–H groups in total. The number of carbonyl (C=O) groups is 1. The molecule has 5 heteroatoms. The fourth-order valence-electron chi connectivity index (χ4n) is 2.42. The summed E-state index contributed by atoms with van der Waals surface area (Å²) in [4.78, 5) is 12.6. The minimum absolute atomic E-state index is 0.101. The summed E-state index contributed by atoms with van der Waals surface area (Å²) in [6.45, 7) is 3.92. The molecular weight excluding hydrogens is 318 g/mol. The summed E-state index contributed by atoms with van der Waals surface area (Å²) in [7, 11) is 1.92. The molecule has 1 unspecified atom stereocenters. The Morgan fingerprint density at radius 2 is 1.71 bits per heavy atom. The van der Waals surface area contributed by atoms with Gasteiger partial charge in [-0.3, -0.25) is 4.79 Å². The Kier molecular flexibility index (Phi) is 4.81. The fourth-order valence-corrected chi connectivity index (χ4v) is 3.31. The van der Waals surface area contributed by atoms with E-state index >= 15 is 0 Å². The van der Waals surface area contributed by atoms with Crippen LogP contribution in [0.4, 0.5) is 0 Å². The summed E-state index contributed by atoms with van der Waals surface area (Å²) >= 11 is 1.43. The lowest BCUT2D eigenvalue weighted by molar-refractivity contribution is 0.0994. The Morgan fingerprint density at radius 1 is 1.04 bits per heavy atom. The summed E-state index contributed by atoms with van der Waals surface area (Å²) in [6, 6.07) is 17.6. The Morgan fingerprint density at radius 3 is 2.38 bits per heavy atom. The minimum atomic E-state index is -0.223. The highest BCUT2D eigenvalue weighted by atomic mass is 32.2. The van der Waals surface area contributed by atoms with E-state index in [4.69, 9.17) is 0 Å². The maximum atomic E-state index is 12.6. The first kappa shape index (κ1) is 16.5. The zero-order chi connectivity index (χ0) is 17.1. The number of ketones is 1. The Labute approximate surface area is 145 Å². The third-order valence-electron chi connectivity index (χ3n) is 3.85. The topological polar surface area (TPSA) is 47.8 Å². The van der Waals surface area contributed by atoms with E-state index in [9.17, 15) is 4.79 Å². The lowest BCUT2D eigenvalue weighted by atomic mass is 10.1. The van der Waals surface area contributed by atoms with Crippen LogP contribution in [0, 0.1) is 6.92 Å². The van der Waals surface area contributed by atoms with Gasteiger partial charge in [0.25, 0.3) is 0 Å². The number of thioether (sulfide) groups is 1. The number of Topliss-reactive ketones (excluding diaryl/α,β-unsaturated/α-hetero) is 1. The molecule has 0 aliphatic carbocycles. The number of benzene rings is 2. The summed E-state index contributed by atoms with van der Waals surface area (Å²) in [5.74, 6) is 0.900. The highest BCUT2D eigenvalue weighted by Gasteiger charge is 2.20. The largest absolute Gasteiger partial charge is 0.305 e. The van der Waals surface area contributed by atoms with Crippen LogP contribution in [0.15, 0.2) is 59.8 Å². The molecule has 0 amide bonds. The van der Waals surface area contributed by atoms with Crippen molar-refractivity contribution < 1.29 is 4.79 Å². The van der Waals surface area contributed by atoms with Crippen LogP contribution in [-0.2, 0) is 7.05 Å². The highest BCUT2D eigenvalue weighted by molar-refractivity contribution is 8.00. The van der Waals surface area contributed by atoms with Crippen LogP contribution in [0.25, 0.3) is 11.4 Å². The summed E-state index contributed by atoms with van der Waals surface area (Å²) < 4.78 is 1.93. The van der Waals surface area contributed by atoms with Crippen molar-refractivity contribution in [1.29, 1.82) is 0 Å². The second kappa shape index (κ2) is 7.01. The van der Waals surface area contributed by atoms with Crippen LogP contribution in [0.2, 0.25) is 0 Å². The molecule has 24 heavy (non-hydrogen) atoms. The van der Waals surface area contributed by atoms with Gasteiger partial charge >= 0.3 is 0 Å². The smallest absolute Gasteiger partial charge is 0.191 e. The van der Waals surface area contributed by atoms with Gasteiger partial charge in [0.1, 0.15) is 0 Å². The molecule has 4 nitrogen and oxygen atoms in total. The lowest BCUT2D eigenvalue weighted by Crippen LogP contribution is -2.14. The van der Waals surface area contributed by atoms with Gasteiger partial charge in [0.2, 0.25) is 0 Å². The van der Waals surface area contributed by atoms with Gasteiger partial charge < -0.3 is 4.57 Å². The molecule has 0 aliphatic rings. The van der Waals surface area contributed by atoms with Crippen molar-refractivity contribution in [3.8, 4) is 11.4 Å². The van der Waals surface area contributed by atoms with E-state index in [1.54, 1.807) is 0 Å². The van der Waals surface area contributed by atoms with Crippen molar-refractivity contribution >= 4 is 17.5 Å². The quantitative estimate of drug-likeness (QED) is 0.518. The number of aryl methyl sites for hydroxylation is 1. The monoisotopic (exact) mass is 337 g/mol. The minimum Gasteiger partial charge on any atom is -0.305 e. The molecule has 0 radical (unpaired) electrons. The van der Waals surface area contributed by atoms with Gasteiger partial charge in [-0.25, -0.2) is 0 Å². The standard InChI is InChI=1S/C19H19N3OS/c1-13-9-11-15(12-10-13)17(23)14(2)24-19-21-20-18(22(19)3)16-7-5-4-6-8-16/h4-12,14H,1-3H3. The highest BCUT2D eigenvalue weighted by Crippen LogP contribution is 2.27. The number of nitrogens with zero attached hydrogens (tertiary/aromatic N) is 3. The van der Waals surface area contributed by atoms with E-state index in [2.05, 4.69) is 10.2 Å². The number of hydrogen-bond acceptors (Lipinski definition) is 4. The SMILES string of the molecule is Cc1ccc(C(=O)C(C)Sc2nnc(-c3ccccc3)n2C)cc1. The molecule has 1 heterocycles. The molecule has 0 aliphatic heterocycles. The van der Waals surface area contributed by atoms with Crippen LogP contribution in [0.1, 0.15) is 22.8 Å². The molecule has 1 aromatic heterocycles. The van der Waals surface area contributed by atoms with E-state index in [1.165, 1.54) is 11.8 Å². The molecule has 0 bridgehead atoms. The molecule has 122 valence electrons. The van der Waals surface area contributed by atoms with Gasteiger partial charge in [-0.15, -0.1) is 10.2 Å². The third kappa shape index (κ3) is 3.41. The summed E-state index contributed by atoms with van der Waals surface area (Å²) in [6.07, 6.45) is 0. The fraction of sp³-hybridized carbons (Fsp3) is 0.211. The van der Waals surface area contributed by atoms with Crippen molar-refractivity contribution in [2.75, 3.05) is 0 Å². The average molecular weight is 337 g/mol. The van der Waals surface area contributed by atoms with Crippen LogP contribution in [-0.4, -0.2) is 25.8 Å². The third-order valence-corrected chi connectivity index (χ3v) is 4.99. The van der Waals surface area contributed by atoms with Crippen LogP contribution in [0.5, 0.6) is 0 Å². The van der Waals surface area contributed by atoms with Crippen LogP contribution in [0.3, 0.4) is 0 Å². The van der Waals surface area contributed by atoms with E-state index in [1.807, 2.05) is 80.1 Å². The molecule has 1 atom stereocenters. The van der Waals surface area contributed by atoms with E-state index < -0.39 is 0 Å². The molecule has 0 fully saturated rings. The predicted octanol–water partition coefficient (Wildman–Crippen LogP) is 4.15. The maximum Gasteiger partial charge on any atom is 0.191 e. The molecule has 0 saturated carbocycles. The van der Waals surface area contributed by atoms with E-state index in [0.29, 0.717) is 0 Å². The van der Waals surface area contributed by atoms with E-state index in [0.717, 1.165) is 27.7 Å². The number of hydrogen-bond donors (Lipinski definition) is 0. The number of rotatable bonds is 5. The molecular formula is C19H19N3OS. The molecule has 3 aromatic rings. The van der Waals surface area contributed by atoms with E-state index in [-0.39, 0.29) is 11.0 Å². The second-order valence-electron chi connectivity index (χ2n) is 5.72. The first-order valence-corrected chi connectivity index (χ1v) is 8.66. The van der Waals surface area contributed by atoms with Crippen LogP contribution >= 0.6 is 11.8 Å². The lowest BCUT2D eigenvalue weighted by Gasteiger charge is -2.10. The van der Waals surface area contributed by atoms with Gasteiger partial charge in [0, 0.05) is 18.2 Å². The predicted molar refractivity (Wildman–Crippen MR) is 97.3 cm³/mol. The van der Waals surface area contributed by atoms with Gasteiger partial charge in [-0.1, -0.05) is 71.9 Å². The molecule has 2 aromatic carbocycles. The normalized spacial score (nSPS) is 12.1. The first-order chi connectivity index (χ1) is 11.6. The zero-order valence-corrected chi connectivity index (χ0v) is 14.7. The number of carbonyl (C=O) groups excluding carboxylic acids is 1. The van der Waals surface area contributed by atoms with Gasteiger partial charge in [-0.2, -0.15) is 0 Å². The van der Waals surface area contributed by atoms with Crippen molar-refractivity contribution in [1.82, 2.24) is 14.8 Å². The van der Waals surface area contributed by atoms with Crippen molar-refractivity contribution in [2.45, 2.75) is 24.3 Å². The Bertz CT molecular complexity index is 841. The summed E-state index contributed by atoms with van der Waals surface area (Å²) in [5, 5.41) is 9.02. The molecule has 0 spiro atoms. The van der Waals surface area contributed by atoms with Gasteiger partial charge in [0.05, 0.1) is 5.25 Å². The van der Waals surface area contributed by atoms with Gasteiger partial charge in [-0.05, 0) is 13.8 Å². The maximum absolute atomic E-state index is 12.6. The van der Waals surface area contributed by atoms with Crippen molar-refractivity contribution in [3.05, 3.63) is 65.7 Å². The zero-order valence-electron chi connectivity index (χ0n) is 13.9. The van der Waals surface area contributed by atoms with Gasteiger partial charge in [0.15, 0.2) is 16.8 Å². The molecule has 0 saturated heterocycles. The first-order valence-electron chi connectivity index (χ1n) is 7.78. The van der Waals surface area contributed by atoms with Crippen molar-refractivity contribution in [3.63, 3.8) is 0 Å². The van der Waals surface area contributed by atoms with Crippen molar-refractivity contribution in [2.24, 2.45) is 7.05 Å². The number of aromatic nitrogens is 3. The Balaban J connectivity index is 1.78. The van der Waals surface area contributed by atoms with Crippen LogP contribution < -0.4 is 0 Å². The summed E-state index contributed by atoms with van der Waals surface area (Å²) in [5.41, 5.74) is 2.88. The second-order valence-corrected chi connectivity index (χ2v) is 7.03.